The van der Waals surface area contributed by atoms with Crippen molar-refractivity contribution in [2.24, 2.45) is 0 Å². The standard InChI is InChI=1S/C13H14O4S/c1-3-5-8-18(16,17)12-9-11(13(14)15)7-6-10(12)4-2/h1,6-7,9H,4-5,8H2,2H3,(H,14,15). The lowest BCUT2D eigenvalue weighted by Crippen LogP contribution is -2.11. The van der Waals surface area contributed by atoms with E-state index in [0.29, 0.717) is 12.0 Å². The van der Waals surface area contributed by atoms with Gasteiger partial charge in [-0.15, -0.1) is 12.3 Å². The van der Waals surface area contributed by atoms with E-state index in [1.807, 2.05) is 6.92 Å². The zero-order valence-corrected chi connectivity index (χ0v) is 10.8. The van der Waals surface area contributed by atoms with E-state index >= 15 is 0 Å². The Morgan fingerprint density at radius 2 is 2.11 bits per heavy atom. The van der Waals surface area contributed by atoms with Gasteiger partial charge in [0.2, 0.25) is 0 Å². The van der Waals surface area contributed by atoms with Crippen molar-refractivity contribution in [2.75, 3.05) is 5.75 Å². The summed E-state index contributed by atoms with van der Waals surface area (Å²) in [4.78, 5) is 10.9. The summed E-state index contributed by atoms with van der Waals surface area (Å²) < 4.78 is 24.1. The number of hydrogen-bond donors (Lipinski definition) is 1. The quantitative estimate of drug-likeness (QED) is 0.824. The van der Waals surface area contributed by atoms with Crippen LogP contribution in [0.2, 0.25) is 0 Å². The Kier molecular flexibility index (Phi) is 4.51. The summed E-state index contributed by atoms with van der Waals surface area (Å²) in [6.07, 6.45) is 5.69. The molecule has 0 amide bonds. The van der Waals surface area contributed by atoms with Crippen LogP contribution >= 0.6 is 0 Å². The van der Waals surface area contributed by atoms with Gasteiger partial charge in [0, 0.05) is 6.42 Å². The molecule has 0 aliphatic heterocycles. The molecule has 0 fully saturated rings. The van der Waals surface area contributed by atoms with Crippen LogP contribution in [0.1, 0.15) is 29.3 Å². The summed E-state index contributed by atoms with van der Waals surface area (Å²) in [6, 6.07) is 4.14. The number of carboxylic acid groups (broad SMARTS) is 1. The Morgan fingerprint density at radius 3 is 2.61 bits per heavy atom. The number of hydrogen-bond acceptors (Lipinski definition) is 3. The first kappa shape index (κ1) is 14.3. The molecule has 18 heavy (non-hydrogen) atoms. The molecule has 0 saturated carbocycles. The summed E-state index contributed by atoms with van der Waals surface area (Å²) in [5.74, 6) is 0.959. The van der Waals surface area contributed by atoms with Crippen molar-refractivity contribution in [1.29, 1.82) is 0 Å². The molecule has 0 heterocycles. The zero-order chi connectivity index (χ0) is 13.8. The molecular formula is C13H14O4S. The average Bonchev–Trinajstić information content (AvgIpc) is 2.35. The summed E-state index contributed by atoms with van der Waals surface area (Å²) in [5, 5.41) is 8.89. The van der Waals surface area contributed by atoms with Crippen LogP contribution < -0.4 is 0 Å². The molecule has 0 saturated heterocycles. The number of aromatic carboxylic acids is 1. The third-order valence-corrected chi connectivity index (χ3v) is 4.34. The number of benzene rings is 1. The van der Waals surface area contributed by atoms with E-state index in [-0.39, 0.29) is 22.6 Å². The van der Waals surface area contributed by atoms with E-state index < -0.39 is 15.8 Å². The first-order chi connectivity index (χ1) is 8.42. The van der Waals surface area contributed by atoms with Crippen LogP contribution in [-0.4, -0.2) is 25.2 Å². The molecule has 4 nitrogen and oxygen atoms in total. The molecule has 1 aromatic carbocycles. The van der Waals surface area contributed by atoms with Gasteiger partial charge in [-0.05, 0) is 24.1 Å². The monoisotopic (exact) mass is 266 g/mol. The maximum absolute atomic E-state index is 12.1. The second kappa shape index (κ2) is 5.69. The van der Waals surface area contributed by atoms with Crippen molar-refractivity contribution >= 4 is 15.8 Å². The van der Waals surface area contributed by atoms with Crippen molar-refractivity contribution in [3.05, 3.63) is 29.3 Å². The third kappa shape index (κ3) is 3.11. The van der Waals surface area contributed by atoms with Crippen molar-refractivity contribution in [2.45, 2.75) is 24.7 Å². The minimum Gasteiger partial charge on any atom is -0.478 e. The molecule has 1 N–H and O–H groups in total. The first-order valence-corrected chi connectivity index (χ1v) is 7.10. The van der Waals surface area contributed by atoms with E-state index in [1.54, 1.807) is 0 Å². The van der Waals surface area contributed by atoms with Gasteiger partial charge in [-0.3, -0.25) is 0 Å². The van der Waals surface area contributed by atoms with Crippen LogP contribution in [0.3, 0.4) is 0 Å². The highest BCUT2D eigenvalue weighted by molar-refractivity contribution is 7.91. The van der Waals surface area contributed by atoms with Crippen molar-refractivity contribution in [3.8, 4) is 12.3 Å². The first-order valence-electron chi connectivity index (χ1n) is 5.44. The van der Waals surface area contributed by atoms with Gasteiger partial charge in [-0.1, -0.05) is 13.0 Å². The fourth-order valence-electron chi connectivity index (χ4n) is 1.57. The molecule has 1 rings (SSSR count). The fourth-order valence-corrected chi connectivity index (χ4v) is 3.10. The lowest BCUT2D eigenvalue weighted by molar-refractivity contribution is 0.0696. The summed E-state index contributed by atoms with van der Waals surface area (Å²) >= 11 is 0. The number of carbonyl (C=O) groups is 1. The highest BCUT2D eigenvalue weighted by Crippen LogP contribution is 2.20. The topological polar surface area (TPSA) is 71.4 Å². The van der Waals surface area contributed by atoms with E-state index in [0.717, 1.165) is 0 Å². The van der Waals surface area contributed by atoms with Gasteiger partial charge in [0.15, 0.2) is 9.84 Å². The van der Waals surface area contributed by atoms with Crippen molar-refractivity contribution in [3.63, 3.8) is 0 Å². The smallest absolute Gasteiger partial charge is 0.335 e. The zero-order valence-electron chi connectivity index (χ0n) is 10.0. The molecule has 0 atom stereocenters. The second-order valence-corrected chi connectivity index (χ2v) is 5.83. The SMILES string of the molecule is C#CCCS(=O)(=O)c1cc(C(=O)O)ccc1CC. The van der Waals surface area contributed by atoms with Crippen LogP contribution in [0.5, 0.6) is 0 Å². The maximum atomic E-state index is 12.1. The fraction of sp³-hybridized carbons (Fsp3) is 0.308. The molecule has 96 valence electrons. The van der Waals surface area contributed by atoms with Crippen LogP contribution in [0.4, 0.5) is 0 Å². The molecular weight excluding hydrogens is 252 g/mol. The molecule has 0 bridgehead atoms. The van der Waals surface area contributed by atoms with Gasteiger partial charge in [0.1, 0.15) is 0 Å². The predicted octanol–water partition coefficient (Wildman–Crippen LogP) is 1.74. The molecule has 0 aliphatic rings. The summed E-state index contributed by atoms with van der Waals surface area (Å²) in [5.41, 5.74) is 0.573. The molecule has 1 aromatic rings. The highest BCUT2D eigenvalue weighted by atomic mass is 32.2. The van der Waals surface area contributed by atoms with Crippen LogP contribution in [0.25, 0.3) is 0 Å². The van der Waals surface area contributed by atoms with Crippen molar-refractivity contribution < 1.29 is 18.3 Å². The van der Waals surface area contributed by atoms with E-state index in [1.165, 1.54) is 18.2 Å². The molecule has 0 radical (unpaired) electrons. The Hall–Kier alpha value is -1.80. The van der Waals surface area contributed by atoms with E-state index in [2.05, 4.69) is 5.92 Å². The largest absolute Gasteiger partial charge is 0.478 e. The average molecular weight is 266 g/mol. The van der Waals surface area contributed by atoms with Gasteiger partial charge < -0.3 is 5.11 Å². The summed E-state index contributed by atoms with van der Waals surface area (Å²) in [6.45, 7) is 1.82. The Bertz CT molecular complexity index is 594. The van der Waals surface area contributed by atoms with Gasteiger partial charge in [0.25, 0.3) is 0 Å². The Balaban J connectivity index is 3.33. The molecule has 0 aliphatic carbocycles. The van der Waals surface area contributed by atoms with Crippen LogP contribution in [0, 0.1) is 12.3 Å². The third-order valence-electron chi connectivity index (χ3n) is 2.55. The van der Waals surface area contributed by atoms with Crippen LogP contribution in [0.15, 0.2) is 23.1 Å². The second-order valence-electron chi connectivity index (χ2n) is 3.75. The van der Waals surface area contributed by atoms with Gasteiger partial charge in [0.05, 0.1) is 16.2 Å². The van der Waals surface area contributed by atoms with Gasteiger partial charge >= 0.3 is 5.97 Å². The minimum absolute atomic E-state index is 0.0357. The molecule has 0 unspecified atom stereocenters. The highest BCUT2D eigenvalue weighted by Gasteiger charge is 2.19. The van der Waals surface area contributed by atoms with Crippen LogP contribution in [-0.2, 0) is 16.3 Å². The Labute approximate surface area is 107 Å². The number of aryl methyl sites for hydroxylation is 1. The number of terminal acetylenes is 1. The Morgan fingerprint density at radius 1 is 1.44 bits per heavy atom. The van der Waals surface area contributed by atoms with E-state index in [9.17, 15) is 13.2 Å². The number of sulfone groups is 1. The van der Waals surface area contributed by atoms with Gasteiger partial charge in [-0.2, -0.15) is 0 Å². The number of carboxylic acids is 1. The molecule has 0 spiro atoms. The lowest BCUT2D eigenvalue weighted by Gasteiger charge is -2.09. The van der Waals surface area contributed by atoms with Gasteiger partial charge in [-0.25, -0.2) is 13.2 Å². The molecule has 5 heteroatoms. The number of rotatable bonds is 5. The van der Waals surface area contributed by atoms with Crippen molar-refractivity contribution in [1.82, 2.24) is 0 Å². The lowest BCUT2D eigenvalue weighted by atomic mass is 10.1. The van der Waals surface area contributed by atoms with E-state index in [4.69, 9.17) is 11.5 Å². The molecule has 0 aromatic heterocycles. The maximum Gasteiger partial charge on any atom is 0.335 e. The normalized spacial score (nSPS) is 10.9. The predicted molar refractivity (Wildman–Crippen MR) is 68.3 cm³/mol. The summed E-state index contributed by atoms with van der Waals surface area (Å²) in [7, 11) is -3.53. The minimum atomic E-state index is -3.53.